The van der Waals surface area contributed by atoms with E-state index in [1.165, 1.54) is 0 Å². The fourth-order valence-corrected chi connectivity index (χ4v) is 2.94. The molecule has 0 saturated carbocycles. The standard InChI is InChI=1S/C23H15NO5/c25-22(28-19-11-9-15-5-1-3-7-17(15)13-19)21(24-27)23(26)29-20-12-10-16-6-2-4-8-18(16)14-20/h1-14,27H. The van der Waals surface area contributed by atoms with Crippen molar-refractivity contribution in [2.45, 2.75) is 0 Å². The van der Waals surface area contributed by atoms with E-state index >= 15 is 0 Å². The van der Waals surface area contributed by atoms with Gasteiger partial charge in [-0.05, 0) is 45.8 Å². The van der Waals surface area contributed by atoms with Crippen molar-refractivity contribution in [1.82, 2.24) is 0 Å². The molecule has 0 unspecified atom stereocenters. The van der Waals surface area contributed by atoms with E-state index in [1.54, 1.807) is 36.4 Å². The maximum absolute atomic E-state index is 12.3. The van der Waals surface area contributed by atoms with Crippen molar-refractivity contribution in [2.24, 2.45) is 5.16 Å². The largest absolute Gasteiger partial charge is 0.421 e. The third-order valence-corrected chi connectivity index (χ3v) is 4.35. The molecule has 1 N–H and O–H groups in total. The van der Waals surface area contributed by atoms with Crippen molar-refractivity contribution in [3.63, 3.8) is 0 Å². The Kier molecular flexibility index (Phi) is 4.90. The van der Waals surface area contributed by atoms with E-state index in [0.717, 1.165) is 21.5 Å². The number of oxime groups is 1. The number of rotatable bonds is 4. The molecule has 6 nitrogen and oxygen atoms in total. The van der Waals surface area contributed by atoms with Gasteiger partial charge in [0.25, 0.3) is 5.71 Å². The van der Waals surface area contributed by atoms with Gasteiger partial charge in [0, 0.05) is 0 Å². The number of hydrogen-bond acceptors (Lipinski definition) is 6. The number of benzene rings is 4. The Morgan fingerprint density at radius 2 is 1.03 bits per heavy atom. The second kappa shape index (κ2) is 7.82. The molecular formula is C23H15NO5. The molecule has 4 aromatic carbocycles. The summed E-state index contributed by atoms with van der Waals surface area (Å²) < 4.78 is 10.3. The second-order valence-electron chi connectivity index (χ2n) is 6.25. The minimum atomic E-state index is -1.12. The molecule has 6 heteroatoms. The molecule has 4 aromatic rings. The molecule has 0 spiro atoms. The molecule has 0 atom stereocenters. The van der Waals surface area contributed by atoms with Crippen molar-refractivity contribution in [2.75, 3.05) is 0 Å². The molecule has 0 fully saturated rings. The van der Waals surface area contributed by atoms with Gasteiger partial charge in [-0.2, -0.15) is 0 Å². The van der Waals surface area contributed by atoms with Crippen LogP contribution in [0.2, 0.25) is 0 Å². The zero-order valence-electron chi connectivity index (χ0n) is 15.1. The monoisotopic (exact) mass is 385 g/mol. The normalized spacial score (nSPS) is 10.5. The average Bonchev–Trinajstić information content (AvgIpc) is 2.74. The van der Waals surface area contributed by atoms with E-state index in [1.807, 2.05) is 48.5 Å². The van der Waals surface area contributed by atoms with Crippen LogP contribution in [0.25, 0.3) is 21.5 Å². The predicted octanol–water partition coefficient (Wildman–Crippen LogP) is 4.33. The highest BCUT2D eigenvalue weighted by molar-refractivity contribution is 6.63. The first-order chi connectivity index (χ1) is 14.1. The van der Waals surface area contributed by atoms with Gasteiger partial charge in [-0.3, -0.25) is 0 Å². The summed E-state index contributed by atoms with van der Waals surface area (Å²) in [6, 6.07) is 25.1. The third kappa shape index (κ3) is 3.91. The Morgan fingerprint density at radius 1 is 0.621 bits per heavy atom. The number of nitrogens with zero attached hydrogens (tertiary/aromatic N) is 1. The number of carbonyl (C=O) groups excluding carboxylic acids is 2. The van der Waals surface area contributed by atoms with E-state index in [2.05, 4.69) is 5.16 Å². The lowest BCUT2D eigenvalue weighted by Gasteiger charge is -2.08. The molecule has 0 aliphatic carbocycles. The quantitative estimate of drug-likeness (QED) is 0.141. The van der Waals surface area contributed by atoms with Crippen LogP contribution in [0.3, 0.4) is 0 Å². The molecule has 0 aromatic heterocycles. The maximum Gasteiger partial charge on any atom is 0.373 e. The van der Waals surface area contributed by atoms with E-state index in [9.17, 15) is 9.59 Å². The molecule has 0 radical (unpaired) electrons. The fraction of sp³-hybridized carbons (Fsp3) is 0. The topological polar surface area (TPSA) is 85.2 Å². The van der Waals surface area contributed by atoms with Crippen LogP contribution in [-0.2, 0) is 9.59 Å². The van der Waals surface area contributed by atoms with E-state index in [4.69, 9.17) is 14.7 Å². The predicted molar refractivity (Wildman–Crippen MR) is 108 cm³/mol. The van der Waals surface area contributed by atoms with Crippen LogP contribution >= 0.6 is 0 Å². The first kappa shape index (κ1) is 18.2. The van der Waals surface area contributed by atoms with Crippen molar-refractivity contribution < 1.29 is 24.3 Å². The summed E-state index contributed by atoms with van der Waals surface area (Å²) in [6.07, 6.45) is 0. The number of esters is 2. The lowest BCUT2D eigenvalue weighted by Crippen LogP contribution is -2.32. The van der Waals surface area contributed by atoms with Gasteiger partial charge in [-0.1, -0.05) is 65.8 Å². The Morgan fingerprint density at radius 3 is 1.45 bits per heavy atom. The van der Waals surface area contributed by atoms with Crippen LogP contribution in [0.4, 0.5) is 0 Å². The molecule has 0 heterocycles. The van der Waals surface area contributed by atoms with Crippen LogP contribution in [0, 0.1) is 0 Å². The van der Waals surface area contributed by atoms with Gasteiger partial charge in [-0.15, -0.1) is 0 Å². The van der Waals surface area contributed by atoms with E-state index in [-0.39, 0.29) is 11.5 Å². The van der Waals surface area contributed by atoms with Gasteiger partial charge in [0.2, 0.25) is 0 Å². The Labute approximate surface area is 165 Å². The highest BCUT2D eigenvalue weighted by Gasteiger charge is 2.26. The van der Waals surface area contributed by atoms with E-state index in [0.29, 0.717) is 0 Å². The van der Waals surface area contributed by atoms with Gasteiger partial charge < -0.3 is 14.7 Å². The smallest absolute Gasteiger partial charge is 0.373 e. The molecule has 0 aliphatic rings. The van der Waals surface area contributed by atoms with Gasteiger partial charge in [0.1, 0.15) is 11.5 Å². The molecule has 0 bridgehead atoms. The van der Waals surface area contributed by atoms with Crippen LogP contribution in [0.1, 0.15) is 0 Å². The summed E-state index contributed by atoms with van der Waals surface area (Å²) in [5.74, 6) is -1.80. The first-order valence-corrected chi connectivity index (χ1v) is 8.78. The van der Waals surface area contributed by atoms with Crippen molar-refractivity contribution in [3.05, 3.63) is 84.9 Å². The van der Waals surface area contributed by atoms with Crippen molar-refractivity contribution in [1.29, 1.82) is 0 Å². The SMILES string of the molecule is O=C(Oc1ccc2ccccc2c1)C(=NO)C(=O)Oc1ccc2ccccc2c1. The minimum absolute atomic E-state index is 0.216. The number of fused-ring (bicyclic) bond motifs is 2. The van der Waals surface area contributed by atoms with Crippen molar-refractivity contribution in [3.8, 4) is 11.5 Å². The molecular weight excluding hydrogens is 370 g/mol. The van der Waals surface area contributed by atoms with Gasteiger partial charge in [0.15, 0.2) is 0 Å². The van der Waals surface area contributed by atoms with Crippen LogP contribution in [0.15, 0.2) is 90.1 Å². The first-order valence-electron chi connectivity index (χ1n) is 8.78. The molecule has 0 saturated heterocycles. The second-order valence-corrected chi connectivity index (χ2v) is 6.25. The lowest BCUT2D eigenvalue weighted by molar-refractivity contribution is -0.132. The zero-order chi connectivity index (χ0) is 20.2. The Bertz CT molecular complexity index is 1170. The lowest BCUT2D eigenvalue weighted by atomic mass is 10.1. The number of carbonyl (C=O) groups is 2. The summed E-state index contributed by atoms with van der Waals surface area (Å²) in [6.45, 7) is 0. The van der Waals surface area contributed by atoms with Crippen LogP contribution in [-0.4, -0.2) is 22.9 Å². The summed E-state index contributed by atoms with van der Waals surface area (Å²) in [4.78, 5) is 24.6. The number of hydrogen-bond donors (Lipinski definition) is 1. The fourth-order valence-electron chi connectivity index (χ4n) is 2.94. The summed E-state index contributed by atoms with van der Waals surface area (Å²) in [7, 11) is 0. The molecule has 29 heavy (non-hydrogen) atoms. The highest BCUT2D eigenvalue weighted by atomic mass is 16.6. The Balaban J connectivity index is 1.50. The zero-order valence-corrected chi connectivity index (χ0v) is 15.1. The highest BCUT2D eigenvalue weighted by Crippen LogP contribution is 2.22. The maximum atomic E-state index is 12.3. The van der Waals surface area contributed by atoms with Crippen molar-refractivity contribution >= 4 is 39.2 Å². The summed E-state index contributed by atoms with van der Waals surface area (Å²) in [5.41, 5.74) is -0.855. The van der Waals surface area contributed by atoms with Crippen LogP contribution < -0.4 is 9.47 Å². The Hall–Kier alpha value is -4.19. The van der Waals surface area contributed by atoms with E-state index < -0.39 is 17.7 Å². The number of ether oxygens (including phenoxy) is 2. The average molecular weight is 385 g/mol. The molecule has 0 amide bonds. The molecule has 142 valence electrons. The van der Waals surface area contributed by atoms with Gasteiger partial charge in [0.05, 0.1) is 0 Å². The van der Waals surface area contributed by atoms with Gasteiger partial charge >= 0.3 is 11.9 Å². The molecule has 0 aliphatic heterocycles. The van der Waals surface area contributed by atoms with Crippen LogP contribution in [0.5, 0.6) is 11.5 Å². The van der Waals surface area contributed by atoms with Gasteiger partial charge in [-0.25, -0.2) is 9.59 Å². The minimum Gasteiger partial charge on any atom is -0.421 e. The summed E-state index contributed by atoms with van der Waals surface area (Å²) in [5, 5.41) is 15.6. The third-order valence-electron chi connectivity index (χ3n) is 4.35. The molecule has 4 rings (SSSR count). The summed E-state index contributed by atoms with van der Waals surface area (Å²) >= 11 is 0.